The summed E-state index contributed by atoms with van der Waals surface area (Å²) in [6.45, 7) is 17.3. The first kappa shape index (κ1) is 14.2. The molecule has 98 valence electrons. The average Bonchev–Trinajstić information content (AvgIpc) is 2.43. The maximum Gasteiger partial charge on any atom is 0.0625 e. The summed E-state index contributed by atoms with van der Waals surface area (Å²) in [7, 11) is 0. The summed E-state index contributed by atoms with van der Waals surface area (Å²) in [5, 5.41) is 8.12. The van der Waals surface area contributed by atoms with E-state index in [1.807, 2.05) is 0 Å². The highest BCUT2D eigenvalue weighted by Crippen LogP contribution is 2.20. The van der Waals surface area contributed by atoms with Crippen molar-refractivity contribution >= 4 is 0 Å². The number of nitrogens with zero attached hydrogens (tertiary/aromatic N) is 2. The van der Waals surface area contributed by atoms with Gasteiger partial charge >= 0.3 is 0 Å². The van der Waals surface area contributed by atoms with Gasteiger partial charge < -0.3 is 5.32 Å². The van der Waals surface area contributed by atoms with E-state index >= 15 is 0 Å². The molecule has 0 aliphatic carbocycles. The third-order valence-electron chi connectivity index (χ3n) is 3.31. The molecule has 3 heteroatoms. The largest absolute Gasteiger partial charge is 0.314 e. The monoisotopic (exact) mass is 237 g/mol. The molecule has 3 nitrogen and oxygen atoms in total. The Morgan fingerprint density at radius 1 is 1.24 bits per heavy atom. The van der Waals surface area contributed by atoms with Crippen LogP contribution in [0.4, 0.5) is 0 Å². The third kappa shape index (κ3) is 3.84. The fourth-order valence-electron chi connectivity index (χ4n) is 1.88. The molecule has 0 bridgehead atoms. The average molecular weight is 237 g/mol. The number of aromatic nitrogens is 2. The molecule has 0 fully saturated rings. The van der Waals surface area contributed by atoms with Gasteiger partial charge in [-0.1, -0.05) is 27.7 Å². The SMILES string of the molecule is Cc1nn(CC(C)(C)CNC(C)C)c(C)c1C. The smallest absolute Gasteiger partial charge is 0.0625 e. The molecule has 0 atom stereocenters. The molecule has 1 heterocycles. The highest BCUT2D eigenvalue weighted by molar-refractivity contribution is 5.22. The molecule has 1 N–H and O–H groups in total. The van der Waals surface area contributed by atoms with Gasteiger partial charge in [0.15, 0.2) is 0 Å². The Morgan fingerprint density at radius 2 is 1.82 bits per heavy atom. The van der Waals surface area contributed by atoms with Gasteiger partial charge in [-0.3, -0.25) is 4.68 Å². The van der Waals surface area contributed by atoms with Gasteiger partial charge in [-0.05, 0) is 31.7 Å². The Hall–Kier alpha value is -0.830. The van der Waals surface area contributed by atoms with E-state index in [2.05, 4.69) is 63.6 Å². The van der Waals surface area contributed by atoms with Gasteiger partial charge in [0.1, 0.15) is 0 Å². The molecule has 0 saturated heterocycles. The van der Waals surface area contributed by atoms with Gasteiger partial charge in [-0.2, -0.15) is 5.10 Å². The van der Waals surface area contributed by atoms with Crippen LogP contribution in [0, 0.1) is 26.2 Å². The molecule has 0 aliphatic rings. The van der Waals surface area contributed by atoms with Crippen LogP contribution in [0.1, 0.15) is 44.6 Å². The Labute approximate surface area is 106 Å². The van der Waals surface area contributed by atoms with Gasteiger partial charge in [-0.15, -0.1) is 0 Å². The highest BCUT2D eigenvalue weighted by atomic mass is 15.3. The minimum atomic E-state index is 0.222. The molecule has 0 unspecified atom stereocenters. The van der Waals surface area contributed by atoms with E-state index in [9.17, 15) is 0 Å². The van der Waals surface area contributed by atoms with E-state index in [0.717, 1.165) is 18.8 Å². The van der Waals surface area contributed by atoms with Crippen LogP contribution in [0.15, 0.2) is 0 Å². The van der Waals surface area contributed by atoms with E-state index in [4.69, 9.17) is 0 Å². The van der Waals surface area contributed by atoms with Crippen molar-refractivity contribution in [1.29, 1.82) is 0 Å². The van der Waals surface area contributed by atoms with Gasteiger partial charge in [0, 0.05) is 24.8 Å². The second-order valence-electron chi connectivity index (χ2n) is 6.15. The fourth-order valence-corrected chi connectivity index (χ4v) is 1.88. The fraction of sp³-hybridized carbons (Fsp3) is 0.786. The molecule has 0 aromatic carbocycles. The van der Waals surface area contributed by atoms with Crippen molar-refractivity contribution in [3.8, 4) is 0 Å². The molecule has 0 spiro atoms. The predicted molar refractivity (Wildman–Crippen MR) is 73.4 cm³/mol. The summed E-state index contributed by atoms with van der Waals surface area (Å²) in [5.41, 5.74) is 3.98. The molecule has 0 saturated carbocycles. The van der Waals surface area contributed by atoms with Crippen molar-refractivity contribution in [2.24, 2.45) is 5.41 Å². The van der Waals surface area contributed by atoms with E-state index in [1.54, 1.807) is 0 Å². The van der Waals surface area contributed by atoms with Crippen LogP contribution >= 0.6 is 0 Å². The van der Waals surface area contributed by atoms with Crippen LogP contribution < -0.4 is 5.32 Å². The molecular weight excluding hydrogens is 210 g/mol. The number of hydrogen-bond acceptors (Lipinski definition) is 2. The van der Waals surface area contributed by atoms with Crippen LogP contribution in [0.5, 0.6) is 0 Å². The number of nitrogens with one attached hydrogen (secondary N) is 1. The Bertz CT molecular complexity index is 375. The van der Waals surface area contributed by atoms with Crippen molar-refractivity contribution < 1.29 is 0 Å². The number of aryl methyl sites for hydroxylation is 1. The van der Waals surface area contributed by atoms with Crippen LogP contribution in [0.25, 0.3) is 0 Å². The second-order valence-corrected chi connectivity index (χ2v) is 6.15. The molecule has 1 rings (SSSR count). The first-order chi connectivity index (χ1) is 7.73. The molecule has 17 heavy (non-hydrogen) atoms. The van der Waals surface area contributed by atoms with Crippen LogP contribution in [0.2, 0.25) is 0 Å². The third-order valence-corrected chi connectivity index (χ3v) is 3.31. The van der Waals surface area contributed by atoms with Gasteiger partial charge in [0.25, 0.3) is 0 Å². The van der Waals surface area contributed by atoms with Crippen molar-refractivity contribution in [3.63, 3.8) is 0 Å². The van der Waals surface area contributed by atoms with E-state index in [0.29, 0.717) is 6.04 Å². The maximum absolute atomic E-state index is 4.61. The molecule has 1 aromatic heterocycles. The molecule has 0 radical (unpaired) electrons. The summed E-state index contributed by atoms with van der Waals surface area (Å²) in [6.07, 6.45) is 0. The van der Waals surface area contributed by atoms with Gasteiger partial charge in [0.2, 0.25) is 0 Å². The summed E-state index contributed by atoms with van der Waals surface area (Å²) < 4.78 is 2.15. The lowest BCUT2D eigenvalue weighted by molar-refractivity contribution is 0.266. The standard InChI is InChI=1S/C14H27N3/c1-10(2)15-8-14(6,7)9-17-13(5)11(3)12(4)16-17/h10,15H,8-9H2,1-7H3. The highest BCUT2D eigenvalue weighted by Gasteiger charge is 2.21. The quantitative estimate of drug-likeness (QED) is 0.853. The normalized spacial score (nSPS) is 12.5. The van der Waals surface area contributed by atoms with Crippen LogP contribution in [0.3, 0.4) is 0 Å². The van der Waals surface area contributed by atoms with Crippen LogP contribution in [-0.2, 0) is 6.54 Å². The zero-order chi connectivity index (χ0) is 13.2. The van der Waals surface area contributed by atoms with E-state index in [-0.39, 0.29) is 5.41 Å². The van der Waals surface area contributed by atoms with Crippen molar-refractivity contribution in [1.82, 2.24) is 15.1 Å². The second kappa shape index (κ2) is 5.21. The molecule has 0 aliphatic heterocycles. The predicted octanol–water partition coefficient (Wildman–Crippen LogP) is 2.83. The topological polar surface area (TPSA) is 29.9 Å². The van der Waals surface area contributed by atoms with E-state index < -0.39 is 0 Å². The van der Waals surface area contributed by atoms with Crippen molar-refractivity contribution in [2.75, 3.05) is 6.54 Å². The Morgan fingerprint density at radius 3 is 2.24 bits per heavy atom. The minimum absolute atomic E-state index is 0.222. The lowest BCUT2D eigenvalue weighted by Gasteiger charge is -2.27. The lowest BCUT2D eigenvalue weighted by Crippen LogP contribution is -2.36. The Kier molecular flexibility index (Phi) is 4.36. The Balaban J connectivity index is 2.72. The van der Waals surface area contributed by atoms with Gasteiger partial charge in [0.05, 0.1) is 5.69 Å². The molecule has 1 aromatic rings. The summed E-state index contributed by atoms with van der Waals surface area (Å²) >= 11 is 0. The lowest BCUT2D eigenvalue weighted by atomic mass is 9.93. The number of rotatable bonds is 5. The summed E-state index contributed by atoms with van der Waals surface area (Å²) in [4.78, 5) is 0. The van der Waals surface area contributed by atoms with Crippen molar-refractivity contribution in [3.05, 3.63) is 17.0 Å². The zero-order valence-corrected chi connectivity index (χ0v) is 12.4. The molecule has 0 amide bonds. The van der Waals surface area contributed by atoms with E-state index in [1.165, 1.54) is 11.3 Å². The first-order valence-corrected chi connectivity index (χ1v) is 6.47. The zero-order valence-electron chi connectivity index (χ0n) is 12.4. The minimum Gasteiger partial charge on any atom is -0.314 e. The van der Waals surface area contributed by atoms with Gasteiger partial charge in [-0.25, -0.2) is 0 Å². The first-order valence-electron chi connectivity index (χ1n) is 6.47. The van der Waals surface area contributed by atoms with Crippen LogP contribution in [-0.4, -0.2) is 22.4 Å². The maximum atomic E-state index is 4.61. The summed E-state index contributed by atoms with van der Waals surface area (Å²) in [5.74, 6) is 0. The summed E-state index contributed by atoms with van der Waals surface area (Å²) in [6, 6.07) is 0.538. The number of hydrogen-bond donors (Lipinski definition) is 1. The van der Waals surface area contributed by atoms with Crippen molar-refractivity contribution in [2.45, 2.75) is 61.1 Å². The molecular formula is C14H27N3.